The maximum absolute atomic E-state index is 12.8. The molecule has 0 unspecified atom stereocenters. The Morgan fingerprint density at radius 1 is 0.811 bits per heavy atom. The van der Waals surface area contributed by atoms with Gasteiger partial charge >= 0.3 is 5.69 Å². The molecule has 4 rings (SSSR count). The Balaban J connectivity index is 1.50. The van der Waals surface area contributed by atoms with Crippen molar-refractivity contribution in [2.24, 2.45) is 0 Å². The van der Waals surface area contributed by atoms with Crippen LogP contribution in [0.3, 0.4) is 0 Å². The van der Waals surface area contributed by atoms with E-state index >= 15 is 0 Å². The summed E-state index contributed by atoms with van der Waals surface area (Å²) < 4.78 is 5.62. The zero-order valence-electron chi connectivity index (χ0n) is 20.3. The van der Waals surface area contributed by atoms with Gasteiger partial charge in [0.2, 0.25) is 5.82 Å². The smallest absolute Gasteiger partial charge is 0.311 e. The molecule has 0 spiro atoms. The van der Waals surface area contributed by atoms with Crippen molar-refractivity contribution >= 4 is 17.4 Å². The lowest BCUT2D eigenvalue weighted by Crippen LogP contribution is -2.29. The van der Waals surface area contributed by atoms with E-state index in [0.29, 0.717) is 26.3 Å². The van der Waals surface area contributed by atoms with Crippen LogP contribution in [0.5, 0.6) is 0 Å². The molecule has 37 heavy (non-hydrogen) atoms. The normalized spacial score (nSPS) is 10.6. The largest absolute Gasteiger partial charge is 0.375 e. The third-order valence-electron chi connectivity index (χ3n) is 5.66. The van der Waals surface area contributed by atoms with Crippen LogP contribution in [0, 0.1) is 10.1 Å². The summed E-state index contributed by atoms with van der Waals surface area (Å²) in [7, 11) is 0. The molecule has 3 aromatic carbocycles. The molecule has 0 aliphatic carbocycles. The van der Waals surface area contributed by atoms with Crippen LogP contribution >= 0.6 is 0 Å². The Hall–Kier alpha value is -4.56. The summed E-state index contributed by atoms with van der Waals surface area (Å²) in [6.07, 6.45) is 0. The third-order valence-corrected chi connectivity index (χ3v) is 5.66. The standard InChI is InChI=1S/C29H28N4O4/c34-29(30-18-19-37-22-25-14-8-3-9-15-25)26-16-17-27(33(35)36)28(31-26)32(20-23-10-4-1-5-11-23)21-24-12-6-2-7-13-24/h1-17H,18-22H2,(H,30,34). The number of carbonyl (C=O) groups excluding carboxylic acids is 1. The van der Waals surface area contributed by atoms with Crippen molar-refractivity contribution in [3.8, 4) is 0 Å². The zero-order valence-corrected chi connectivity index (χ0v) is 20.3. The lowest BCUT2D eigenvalue weighted by molar-refractivity contribution is -0.384. The van der Waals surface area contributed by atoms with Crippen molar-refractivity contribution in [1.82, 2.24) is 10.3 Å². The van der Waals surface area contributed by atoms with Gasteiger partial charge in [-0.05, 0) is 22.8 Å². The molecule has 0 aliphatic heterocycles. The third kappa shape index (κ3) is 7.46. The summed E-state index contributed by atoms with van der Waals surface area (Å²) in [4.78, 5) is 30.5. The molecule has 0 aliphatic rings. The zero-order chi connectivity index (χ0) is 25.9. The van der Waals surface area contributed by atoms with Gasteiger partial charge in [0, 0.05) is 25.7 Å². The number of hydrogen-bond donors (Lipinski definition) is 1. The van der Waals surface area contributed by atoms with Crippen LogP contribution in [0.1, 0.15) is 27.2 Å². The number of aromatic nitrogens is 1. The van der Waals surface area contributed by atoms with Crippen LogP contribution in [-0.2, 0) is 24.4 Å². The molecule has 1 heterocycles. The van der Waals surface area contributed by atoms with Crippen molar-refractivity contribution in [3.05, 3.63) is 136 Å². The van der Waals surface area contributed by atoms with Crippen LogP contribution in [0.15, 0.2) is 103 Å². The molecule has 0 bridgehead atoms. The summed E-state index contributed by atoms with van der Waals surface area (Å²) in [6, 6.07) is 31.8. The summed E-state index contributed by atoms with van der Waals surface area (Å²) in [5, 5.41) is 14.7. The van der Waals surface area contributed by atoms with E-state index in [1.165, 1.54) is 12.1 Å². The number of rotatable bonds is 12. The quantitative estimate of drug-likeness (QED) is 0.166. The molecule has 1 amide bonds. The molecule has 1 aromatic heterocycles. The van der Waals surface area contributed by atoms with Crippen LogP contribution < -0.4 is 10.2 Å². The molecular weight excluding hydrogens is 468 g/mol. The van der Waals surface area contributed by atoms with Gasteiger partial charge in [0.15, 0.2) is 0 Å². The highest BCUT2D eigenvalue weighted by atomic mass is 16.6. The van der Waals surface area contributed by atoms with Gasteiger partial charge in [-0.15, -0.1) is 0 Å². The minimum atomic E-state index is -0.468. The van der Waals surface area contributed by atoms with E-state index in [9.17, 15) is 14.9 Å². The highest BCUT2D eigenvalue weighted by Gasteiger charge is 2.24. The van der Waals surface area contributed by atoms with Crippen LogP contribution in [0.25, 0.3) is 0 Å². The number of pyridine rings is 1. The number of hydrogen-bond acceptors (Lipinski definition) is 6. The highest BCUT2D eigenvalue weighted by molar-refractivity contribution is 5.93. The first kappa shape index (κ1) is 25.5. The molecule has 188 valence electrons. The summed E-state index contributed by atoms with van der Waals surface area (Å²) in [5.41, 5.74) is 2.94. The van der Waals surface area contributed by atoms with Gasteiger partial charge in [-0.25, -0.2) is 4.98 Å². The SMILES string of the molecule is O=C(NCCOCc1ccccc1)c1ccc([N+](=O)[O-])c(N(Cc2ccccc2)Cc2ccccc2)n1. The Morgan fingerprint density at radius 3 is 1.89 bits per heavy atom. The number of nitrogens with zero attached hydrogens (tertiary/aromatic N) is 3. The lowest BCUT2D eigenvalue weighted by atomic mass is 10.1. The first-order valence-electron chi connectivity index (χ1n) is 12.0. The number of amides is 1. The van der Waals surface area contributed by atoms with Crippen LogP contribution in [0.4, 0.5) is 11.5 Å². The maximum Gasteiger partial charge on any atom is 0.311 e. The van der Waals surface area contributed by atoms with Crippen LogP contribution in [0.2, 0.25) is 0 Å². The van der Waals surface area contributed by atoms with E-state index in [0.717, 1.165) is 16.7 Å². The Morgan fingerprint density at radius 2 is 1.35 bits per heavy atom. The van der Waals surface area contributed by atoms with E-state index in [1.807, 2.05) is 95.9 Å². The highest BCUT2D eigenvalue weighted by Crippen LogP contribution is 2.29. The number of benzene rings is 3. The van der Waals surface area contributed by atoms with Gasteiger partial charge in [0.1, 0.15) is 5.69 Å². The fourth-order valence-electron chi connectivity index (χ4n) is 3.85. The monoisotopic (exact) mass is 496 g/mol. The molecule has 8 heteroatoms. The average molecular weight is 497 g/mol. The van der Waals surface area contributed by atoms with Gasteiger partial charge < -0.3 is 15.0 Å². The van der Waals surface area contributed by atoms with Gasteiger partial charge in [-0.3, -0.25) is 14.9 Å². The van der Waals surface area contributed by atoms with Crippen molar-refractivity contribution < 1.29 is 14.5 Å². The van der Waals surface area contributed by atoms with Gasteiger partial charge in [-0.1, -0.05) is 91.0 Å². The second-order valence-corrected chi connectivity index (χ2v) is 8.42. The van der Waals surface area contributed by atoms with Crippen molar-refractivity contribution in [2.75, 3.05) is 18.1 Å². The maximum atomic E-state index is 12.8. The molecule has 0 atom stereocenters. The number of ether oxygens (including phenoxy) is 1. The Labute approximate surface area is 215 Å². The molecule has 8 nitrogen and oxygen atoms in total. The van der Waals surface area contributed by atoms with E-state index < -0.39 is 10.8 Å². The first-order chi connectivity index (χ1) is 18.1. The van der Waals surface area contributed by atoms with Gasteiger partial charge in [0.05, 0.1) is 18.1 Å². The fraction of sp³-hybridized carbons (Fsp3) is 0.172. The number of nitro groups is 1. The Bertz CT molecular complexity index is 1260. The Kier molecular flexibility index (Phi) is 8.93. The van der Waals surface area contributed by atoms with E-state index in [2.05, 4.69) is 10.3 Å². The minimum absolute atomic E-state index is 0.106. The van der Waals surface area contributed by atoms with Gasteiger partial charge in [-0.2, -0.15) is 0 Å². The minimum Gasteiger partial charge on any atom is -0.375 e. The fourth-order valence-corrected chi connectivity index (χ4v) is 3.85. The van der Waals surface area contributed by atoms with E-state index in [1.54, 1.807) is 0 Å². The number of nitrogens with one attached hydrogen (secondary N) is 1. The first-order valence-corrected chi connectivity index (χ1v) is 12.0. The van der Waals surface area contributed by atoms with E-state index in [-0.39, 0.29) is 23.7 Å². The number of anilines is 1. The molecule has 0 saturated carbocycles. The molecule has 0 saturated heterocycles. The topological polar surface area (TPSA) is 97.6 Å². The summed E-state index contributed by atoms with van der Waals surface area (Å²) in [6.45, 7) is 1.85. The average Bonchev–Trinajstić information content (AvgIpc) is 2.94. The lowest BCUT2D eigenvalue weighted by Gasteiger charge is -2.24. The van der Waals surface area contributed by atoms with E-state index in [4.69, 9.17) is 4.74 Å². The predicted octanol–water partition coefficient (Wildman–Crippen LogP) is 5.14. The second-order valence-electron chi connectivity index (χ2n) is 8.42. The predicted molar refractivity (Wildman–Crippen MR) is 142 cm³/mol. The molecule has 1 N–H and O–H groups in total. The molecular formula is C29H28N4O4. The second kappa shape index (κ2) is 12.9. The van der Waals surface area contributed by atoms with Crippen molar-refractivity contribution in [3.63, 3.8) is 0 Å². The summed E-state index contributed by atoms with van der Waals surface area (Å²) in [5.74, 6) is -0.274. The molecule has 0 radical (unpaired) electrons. The number of carbonyl (C=O) groups is 1. The van der Waals surface area contributed by atoms with Crippen LogP contribution in [-0.4, -0.2) is 29.0 Å². The summed E-state index contributed by atoms with van der Waals surface area (Å²) >= 11 is 0. The van der Waals surface area contributed by atoms with Gasteiger partial charge in [0.25, 0.3) is 5.91 Å². The van der Waals surface area contributed by atoms with Crippen molar-refractivity contribution in [1.29, 1.82) is 0 Å². The van der Waals surface area contributed by atoms with Crippen molar-refractivity contribution in [2.45, 2.75) is 19.7 Å². The molecule has 0 fully saturated rings. The molecule has 4 aromatic rings.